The number of hydrogen-bond acceptors (Lipinski definition) is 3. The van der Waals surface area contributed by atoms with Gasteiger partial charge in [0.25, 0.3) is 0 Å². The van der Waals surface area contributed by atoms with E-state index in [-0.39, 0.29) is 12.3 Å². The van der Waals surface area contributed by atoms with Crippen LogP contribution in [0, 0.1) is 0 Å². The molecule has 0 aliphatic carbocycles. The Bertz CT molecular complexity index is 306. The summed E-state index contributed by atoms with van der Waals surface area (Å²) in [5, 5.41) is 0. The van der Waals surface area contributed by atoms with E-state index in [1.165, 1.54) is 0 Å². The van der Waals surface area contributed by atoms with Crippen LogP contribution in [-0.2, 0) is 14.3 Å². The van der Waals surface area contributed by atoms with Gasteiger partial charge in [-0.1, -0.05) is 18.7 Å². The summed E-state index contributed by atoms with van der Waals surface area (Å²) < 4.78 is 10.3. The molecule has 0 fully saturated rings. The fraction of sp³-hybridized carbons (Fsp3) is 0.462. The van der Waals surface area contributed by atoms with Gasteiger partial charge in [0.15, 0.2) is 0 Å². The Morgan fingerprint density at radius 3 is 2.53 bits per heavy atom. The van der Waals surface area contributed by atoms with E-state index in [0.717, 1.165) is 17.8 Å². The zero-order valence-corrected chi connectivity index (χ0v) is 10.6. The monoisotopic (exact) mass is 239 g/mol. The van der Waals surface area contributed by atoms with E-state index >= 15 is 0 Å². The summed E-state index contributed by atoms with van der Waals surface area (Å²) in [5.74, 6) is 0.378. The molecule has 0 bridgehead atoms. The highest BCUT2D eigenvalue weighted by Gasteiger charge is 1.95. The molecule has 0 aliphatic rings. The van der Waals surface area contributed by atoms with E-state index in [2.05, 4.69) is 6.58 Å². The first-order chi connectivity index (χ1) is 8.10. The minimum atomic E-state index is -0.361. The molecule has 0 heterocycles. The van der Waals surface area contributed by atoms with Crippen LogP contribution < -0.4 is 5.73 Å². The summed E-state index contributed by atoms with van der Waals surface area (Å²) in [6.45, 7) is 6.52. The van der Waals surface area contributed by atoms with Crippen LogP contribution in [-0.4, -0.2) is 26.2 Å². The topological polar surface area (TPSA) is 61.5 Å². The second-order valence-electron chi connectivity index (χ2n) is 3.53. The predicted octanol–water partition coefficient (Wildman–Crippen LogP) is 1.93. The fourth-order valence-electron chi connectivity index (χ4n) is 1.06. The van der Waals surface area contributed by atoms with Crippen molar-refractivity contribution in [2.24, 2.45) is 5.73 Å². The molecule has 0 saturated carbocycles. The van der Waals surface area contributed by atoms with Crippen molar-refractivity contribution in [3.63, 3.8) is 0 Å². The molecule has 0 saturated heterocycles. The molecule has 96 valence electrons. The summed E-state index contributed by atoms with van der Waals surface area (Å²) in [4.78, 5) is 10.5. The van der Waals surface area contributed by atoms with Crippen LogP contribution >= 0.6 is 0 Å². The predicted molar refractivity (Wildman–Crippen MR) is 68.3 cm³/mol. The van der Waals surface area contributed by atoms with Gasteiger partial charge in [-0.05, 0) is 25.0 Å². The summed E-state index contributed by atoms with van der Waals surface area (Å²) >= 11 is 0. The number of allylic oxidation sites excluding steroid dienone is 4. The lowest BCUT2D eigenvalue weighted by Gasteiger charge is -2.04. The maximum atomic E-state index is 10.5. The van der Waals surface area contributed by atoms with Gasteiger partial charge in [0.05, 0.1) is 25.4 Å². The molecule has 0 unspecified atom stereocenters. The molecule has 0 aliphatic heterocycles. The average Bonchev–Trinajstić information content (AvgIpc) is 2.29. The van der Waals surface area contributed by atoms with Crippen molar-refractivity contribution < 1.29 is 14.3 Å². The Balaban J connectivity index is 4.11. The largest absolute Gasteiger partial charge is 0.498 e. The van der Waals surface area contributed by atoms with Gasteiger partial charge in [0, 0.05) is 7.11 Å². The van der Waals surface area contributed by atoms with Gasteiger partial charge in [0.2, 0.25) is 5.91 Å². The number of methoxy groups -OCH3 is 1. The number of primary amides is 1. The summed E-state index contributed by atoms with van der Waals surface area (Å²) in [6.07, 6.45) is 6.59. The van der Waals surface area contributed by atoms with Crippen LogP contribution in [0.25, 0.3) is 0 Å². The normalized spacial score (nSPS) is 12.4. The molecule has 0 aromatic carbocycles. The lowest BCUT2D eigenvalue weighted by Crippen LogP contribution is -2.13. The summed E-state index contributed by atoms with van der Waals surface area (Å²) in [7, 11) is 1.66. The Morgan fingerprint density at radius 2 is 2.00 bits per heavy atom. The van der Waals surface area contributed by atoms with E-state index < -0.39 is 0 Å². The highest BCUT2D eigenvalue weighted by atomic mass is 16.5. The molecule has 0 radical (unpaired) electrons. The van der Waals surface area contributed by atoms with Crippen LogP contribution in [0.4, 0.5) is 0 Å². The fourth-order valence-corrected chi connectivity index (χ4v) is 1.06. The number of amides is 1. The van der Waals surface area contributed by atoms with Crippen molar-refractivity contribution in [2.75, 3.05) is 20.3 Å². The molecule has 0 spiro atoms. The maximum Gasteiger partial charge on any atom is 0.220 e. The summed E-state index contributed by atoms with van der Waals surface area (Å²) in [5.41, 5.74) is 6.07. The second kappa shape index (κ2) is 9.66. The quantitative estimate of drug-likeness (QED) is 0.494. The van der Waals surface area contributed by atoms with E-state index in [0.29, 0.717) is 13.2 Å². The molecule has 1 amide bonds. The first-order valence-corrected chi connectivity index (χ1v) is 5.50. The number of ether oxygens (including phenoxy) is 2. The third-order valence-corrected chi connectivity index (χ3v) is 2.07. The van der Waals surface area contributed by atoms with Crippen molar-refractivity contribution in [3.05, 3.63) is 36.1 Å². The van der Waals surface area contributed by atoms with Gasteiger partial charge >= 0.3 is 0 Å². The highest BCUT2D eigenvalue weighted by Crippen LogP contribution is 2.05. The maximum absolute atomic E-state index is 10.5. The van der Waals surface area contributed by atoms with Crippen LogP contribution in [0.1, 0.15) is 19.8 Å². The van der Waals surface area contributed by atoms with Gasteiger partial charge in [-0.15, -0.1) is 0 Å². The minimum absolute atomic E-state index is 0.229. The second-order valence-corrected chi connectivity index (χ2v) is 3.53. The Kier molecular flexibility index (Phi) is 8.78. The van der Waals surface area contributed by atoms with Crippen molar-refractivity contribution in [1.82, 2.24) is 0 Å². The van der Waals surface area contributed by atoms with Gasteiger partial charge < -0.3 is 15.2 Å². The Hall–Kier alpha value is -1.55. The molecule has 17 heavy (non-hydrogen) atoms. The van der Waals surface area contributed by atoms with E-state index in [9.17, 15) is 4.79 Å². The van der Waals surface area contributed by atoms with Crippen LogP contribution in [0.5, 0.6) is 0 Å². The molecule has 4 heteroatoms. The van der Waals surface area contributed by atoms with Crippen LogP contribution in [0.15, 0.2) is 36.1 Å². The molecular weight excluding hydrogens is 218 g/mol. The van der Waals surface area contributed by atoms with Crippen LogP contribution in [0.3, 0.4) is 0 Å². The number of rotatable bonds is 9. The Labute approximate surface area is 103 Å². The highest BCUT2D eigenvalue weighted by molar-refractivity contribution is 5.73. The van der Waals surface area contributed by atoms with Crippen LogP contribution in [0.2, 0.25) is 0 Å². The number of nitrogens with two attached hydrogens (primary N) is 1. The van der Waals surface area contributed by atoms with Crippen molar-refractivity contribution >= 4 is 5.91 Å². The molecule has 0 aromatic heterocycles. The van der Waals surface area contributed by atoms with Crippen molar-refractivity contribution in [2.45, 2.75) is 19.8 Å². The van der Waals surface area contributed by atoms with Gasteiger partial charge in [0.1, 0.15) is 0 Å². The average molecular weight is 239 g/mol. The molecule has 4 nitrogen and oxygen atoms in total. The first kappa shape index (κ1) is 15.4. The first-order valence-electron chi connectivity index (χ1n) is 5.50. The molecule has 0 atom stereocenters. The third-order valence-electron chi connectivity index (χ3n) is 2.07. The SMILES string of the molecule is C=CC(=CC=C(C)OCCC(N)=O)CCOC. The molecule has 0 aromatic rings. The zero-order chi connectivity index (χ0) is 13.1. The standard InChI is InChI=1S/C13H21NO3/c1-4-12(7-9-16-3)6-5-11(2)17-10-8-13(14)15/h4-6H,1,7-10H2,2-3H3,(H2,14,15). The summed E-state index contributed by atoms with van der Waals surface area (Å²) in [6, 6.07) is 0. The van der Waals surface area contributed by atoms with Gasteiger partial charge in [-0.2, -0.15) is 0 Å². The minimum Gasteiger partial charge on any atom is -0.498 e. The zero-order valence-electron chi connectivity index (χ0n) is 10.6. The smallest absolute Gasteiger partial charge is 0.220 e. The lowest BCUT2D eigenvalue weighted by molar-refractivity contribution is -0.118. The van der Waals surface area contributed by atoms with Crippen molar-refractivity contribution in [1.29, 1.82) is 0 Å². The third kappa shape index (κ3) is 9.38. The molecular formula is C13H21NO3. The number of carbonyl (C=O) groups excluding carboxylic acids is 1. The lowest BCUT2D eigenvalue weighted by atomic mass is 10.2. The van der Waals surface area contributed by atoms with E-state index in [1.54, 1.807) is 13.2 Å². The molecule has 2 N–H and O–H groups in total. The number of carbonyl (C=O) groups is 1. The van der Waals surface area contributed by atoms with E-state index in [1.807, 2.05) is 19.1 Å². The van der Waals surface area contributed by atoms with Gasteiger partial charge in [-0.3, -0.25) is 4.79 Å². The van der Waals surface area contributed by atoms with Gasteiger partial charge in [-0.25, -0.2) is 0 Å². The Morgan fingerprint density at radius 1 is 1.29 bits per heavy atom. The number of hydrogen-bond donors (Lipinski definition) is 1. The van der Waals surface area contributed by atoms with E-state index in [4.69, 9.17) is 15.2 Å². The van der Waals surface area contributed by atoms with Crippen molar-refractivity contribution in [3.8, 4) is 0 Å². The molecule has 0 rings (SSSR count).